The van der Waals surface area contributed by atoms with Gasteiger partial charge in [0.25, 0.3) is 0 Å². The summed E-state index contributed by atoms with van der Waals surface area (Å²) < 4.78 is 0. The second kappa shape index (κ2) is 5.68. The van der Waals surface area contributed by atoms with E-state index in [0.717, 1.165) is 6.42 Å². The van der Waals surface area contributed by atoms with Crippen molar-refractivity contribution >= 4 is 12.0 Å². The fraction of sp³-hybridized carbons (Fsp3) is 0.636. The number of aromatic amines is 1. The number of carboxylic acids is 1. The highest BCUT2D eigenvalue weighted by molar-refractivity contribution is 5.76. The normalized spacial score (nSPS) is 19.2. The number of aromatic nitrogens is 3. The predicted molar refractivity (Wildman–Crippen MR) is 65.2 cm³/mol. The number of rotatable bonds is 3. The first-order chi connectivity index (χ1) is 9.08. The minimum absolute atomic E-state index is 0.178. The first-order valence-electron chi connectivity index (χ1n) is 6.15. The fourth-order valence-corrected chi connectivity index (χ4v) is 2.19. The molecule has 8 nitrogen and oxygen atoms in total. The lowest BCUT2D eigenvalue weighted by molar-refractivity contribution is -0.143. The Hall–Kier alpha value is -2.12. The maximum absolute atomic E-state index is 12.2. The molecule has 104 valence electrons. The summed E-state index contributed by atoms with van der Waals surface area (Å²) in [5, 5.41) is 15.4. The van der Waals surface area contributed by atoms with Gasteiger partial charge in [-0.25, -0.2) is 9.78 Å². The highest BCUT2D eigenvalue weighted by Crippen LogP contribution is 2.18. The van der Waals surface area contributed by atoms with Crippen LogP contribution < -0.4 is 0 Å². The molecular weight excluding hydrogens is 250 g/mol. The van der Waals surface area contributed by atoms with Crippen molar-refractivity contribution in [2.24, 2.45) is 5.92 Å². The molecule has 1 aliphatic heterocycles. The number of hydrogen-bond acceptors (Lipinski definition) is 4. The molecule has 0 unspecified atom stereocenters. The van der Waals surface area contributed by atoms with Gasteiger partial charge in [-0.05, 0) is 12.8 Å². The number of carbonyl (C=O) groups excluding carboxylic acids is 1. The second-order valence-corrected chi connectivity index (χ2v) is 4.69. The van der Waals surface area contributed by atoms with E-state index in [2.05, 4.69) is 15.2 Å². The minimum Gasteiger partial charge on any atom is -0.481 e. The Kier molecular flexibility index (Phi) is 3.98. The molecule has 2 heterocycles. The molecular formula is C11H17N5O3. The van der Waals surface area contributed by atoms with Crippen LogP contribution in [0.2, 0.25) is 0 Å². The summed E-state index contributed by atoms with van der Waals surface area (Å²) in [7, 11) is 1.66. The zero-order valence-electron chi connectivity index (χ0n) is 10.7. The number of carbonyl (C=O) groups is 2. The second-order valence-electron chi connectivity index (χ2n) is 4.69. The van der Waals surface area contributed by atoms with Gasteiger partial charge in [-0.2, -0.15) is 5.10 Å². The van der Waals surface area contributed by atoms with E-state index in [1.165, 1.54) is 11.2 Å². The molecule has 1 saturated heterocycles. The summed E-state index contributed by atoms with van der Waals surface area (Å²) in [6, 6.07) is -0.178. The molecule has 2 amide bonds. The number of H-pyrrole nitrogens is 1. The molecule has 1 aliphatic rings. The third-order valence-corrected chi connectivity index (χ3v) is 3.22. The molecule has 19 heavy (non-hydrogen) atoms. The topological polar surface area (TPSA) is 102 Å². The number of nitrogens with zero attached hydrogens (tertiary/aromatic N) is 4. The van der Waals surface area contributed by atoms with Crippen LogP contribution in [0.5, 0.6) is 0 Å². The van der Waals surface area contributed by atoms with Gasteiger partial charge in [-0.1, -0.05) is 0 Å². The Morgan fingerprint density at radius 3 is 3.05 bits per heavy atom. The maximum atomic E-state index is 12.2. The van der Waals surface area contributed by atoms with E-state index in [0.29, 0.717) is 25.3 Å². The van der Waals surface area contributed by atoms with Crippen molar-refractivity contribution in [3.63, 3.8) is 0 Å². The first-order valence-corrected chi connectivity index (χ1v) is 6.15. The molecule has 2 rings (SSSR count). The minimum atomic E-state index is -0.838. The van der Waals surface area contributed by atoms with Gasteiger partial charge in [0.15, 0.2) is 0 Å². The molecule has 0 bridgehead atoms. The van der Waals surface area contributed by atoms with Gasteiger partial charge in [0, 0.05) is 20.1 Å². The van der Waals surface area contributed by atoms with E-state index in [4.69, 9.17) is 5.11 Å². The van der Waals surface area contributed by atoms with Gasteiger partial charge in [0.05, 0.1) is 12.5 Å². The van der Waals surface area contributed by atoms with Crippen molar-refractivity contribution in [3.05, 3.63) is 12.2 Å². The van der Waals surface area contributed by atoms with Gasteiger partial charge in [0.1, 0.15) is 12.2 Å². The number of carboxylic acid groups (broad SMARTS) is 1. The Balaban J connectivity index is 1.93. The van der Waals surface area contributed by atoms with E-state index < -0.39 is 11.9 Å². The van der Waals surface area contributed by atoms with Crippen molar-refractivity contribution in [1.29, 1.82) is 0 Å². The smallest absolute Gasteiger partial charge is 0.320 e. The number of aliphatic carboxylic acids is 1. The standard InChI is InChI=1S/C11H17N5O3/c1-15(6-9-12-7-13-14-9)11(19)16-4-2-3-8(5-16)10(17)18/h7-8H,2-6H2,1H3,(H,17,18)(H,12,13,14)/t8-/m0/s1. The fourth-order valence-electron chi connectivity index (χ4n) is 2.19. The summed E-state index contributed by atoms with van der Waals surface area (Å²) in [6.45, 7) is 1.20. The lowest BCUT2D eigenvalue weighted by Gasteiger charge is -2.33. The maximum Gasteiger partial charge on any atom is 0.320 e. The third kappa shape index (κ3) is 3.21. The molecule has 1 aromatic rings. The van der Waals surface area contributed by atoms with Crippen molar-refractivity contribution in [1.82, 2.24) is 25.0 Å². The van der Waals surface area contributed by atoms with Crippen LogP contribution in [0, 0.1) is 5.92 Å². The Morgan fingerprint density at radius 2 is 2.42 bits per heavy atom. The molecule has 0 radical (unpaired) electrons. The molecule has 0 saturated carbocycles. The lowest BCUT2D eigenvalue weighted by Crippen LogP contribution is -2.47. The van der Waals surface area contributed by atoms with Gasteiger partial charge in [-0.15, -0.1) is 0 Å². The Bertz CT molecular complexity index is 447. The van der Waals surface area contributed by atoms with Crippen molar-refractivity contribution in [2.45, 2.75) is 19.4 Å². The number of hydrogen-bond donors (Lipinski definition) is 2. The average Bonchev–Trinajstić information content (AvgIpc) is 2.90. The number of amides is 2. The van der Waals surface area contributed by atoms with Gasteiger partial charge < -0.3 is 14.9 Å². The van der Waals surface area contributed by atoms with Crippen LogP contribution in [-0.4, -0.2) is 62.2 Å². The van der Waals surface area contributed by atoms with E-state index in [1.807, 2.05) is 0 Å². The largest absolute Gasteiger partial charge is 0.481 e. The predicted octanol–water partition coefficient (Wildman–Crippen LogP) is 0.153. The van der Waals surface area contributed by atoms with Crippen LogP contribution in [0.25, 0.3) is 0 Å². The van der Waals surface area contributed by atoms with Crippen LogP contribution in [-0.2, 0) is 11.3 Å². The van der Waals surface area contributed by atoms with Crippen LogP contribution in [0.4, 0.5) is 4.79 Å². The number of likely N-dealkylation sites (tertiary alicyclic amines) is 1. The third-order valence-electron chi connectivity index (χ3n) is 3.22. The summed E-state index contributed by atoms with van der Waals surface area (Å²) in [6.07, 6.45) is 2.73. The zero-order valence-corrected chi connectivity index (χ0v) is 10.7. The van der Waals surface area contributed by atoms with Gasteiger partial charge in [-0.3, -0.25) is 9.89 Å². The summed E-state index contributed by atoms with van der Waals surface area (Å²) in [5.41, 5.74) is 0. The molecule has 2 N–H and O–H groups in total. The highest BCUT2D eigenvalue weighted by atomic mass is 16.4. The van der Waals surface area contributed by atoms with Gasteiger partial charge >= 0.3 is 12.0 Å². The van der Waals surface area contributed by atoms with Crippen molar-refractivity contribution in [2.75, 3.05) is 20.1 Å². The highest BCUT2D eigenvalue weighted by Gasteiger charge is 2.29. The molecule has 0 aliphatic carbocycles. The molecule has 8 heteroatoms. The average molecular weight is 267 g/mol. The van der Waals surface area contributed by atoms with Crippen molar-refractivity contribution < 1.29 is 14.7 Å². The number of nitrogens with one attached hydrogen (secondary N) is 1. The van der Waals surface area contributed by atoms with Crippen LogP contribution in [0.1, 0.15) is 18.7 Å². The van der Waals surface area contributed by atoms with Crippen LogP contribution in [0.3, 0.4) is 0 Å². The van der Waals surface area contributed by atoms with Gasteiger partial charge in [0.2, 0.25) is 0 Å². The first kappa shape index (κ1) is 13.3. The van der Waals surface area contributed by atoms with E-state index >= 15 is 0 Å². The molecule has 1 fully saturated rings. The molecule has 1 aromatic heterocycles. The summed E-state index contributed by atoms with van der Waals surface area (Å²) >= 11 is 0. The number of urea groups is 1. The van der Waals surface area contributed by atoms with E-state index in [9.17, 15) is 9.59 Å². The van der Waals surface area contributed by atoms with Crippen molar-refractivity contribution in [3.8, 4) is 0 Å². The molecule has 0 aromatic carbocycles. The Morgan fingerprint density at radius 1 is 1.63 bits per heavy atom. The zero-order chi connectivity index (χ0) is 13.8. The molecule has 0 spiro atoms. The monoisotopic (exact) mass is 267 g/mol. The van der Waals surface area contributed by atoms with E-state index in [1.54, 1.807) is 11.9 Å². The SMILES string of the molecule is CN(Cc1ncn[nH]1)C(=O)N1CCC[C@H](C(=O)O)C1. The van der Waals surface area contributed by atoms with Crippen LogP contribution >= 0.6 is 0 Å². The van der Waals surface area contributed by atoms with E-state index in [-0.39, 0.29) is 12.6 Å². The lowest BCUT2D eigenvalue weighted by atomic mass is 9.99. The summed E-state index contributed by atoms with van der Waals surface area (Å²) in [5.74, 6) is -0.700. The van der Waals surface area contributed by atoms with Crippen LogP contribution in [0.15, 0.2) is 6.33 Å². The number of piperidine rings is 1. The molecule has 1 atom stereocenters. The summed E-state index contributed by atoms with van der Waals surface area (Å²) in [4.78, 5) is 30.2. The Labute approximate surface area is 110 Å². The quantitative estimate of drug-likeness (QED) is 0.811.